The number of ether oxygens (including phenoxy) is 1. The number of nitrogens with zero attached hydrogens (tertiary/aromatic N) is 1. The molecule has 0 unspecified atom stereocenters. The largest absolute Gasteiger partial charge is 0.482 e. The van der Waals surface area contributed by atoms with Crippen LogP contribution in [-0.2, 0) is 4.79 Å². The molecule has 0 aliphatic rings. The van der Waals surface area contributed by atoms with Crippen LogP contribution in [0.3, 0.4) is 0 Å². The van der Waals surface area contributed by atoms with Crippen molar-refractivity contribution in [1.82, 2.24) is 10.3 Å². The lowest BCUT2D eigenvalue weighted by atomic mass is 10.4. The fraction of sp³-hybridized carbons (Fsp3) is 0.200. The van der Waals surface area contributed by atoms with Crippen molar-refractivity contribution < 1.29 is 9.53 Å². The van der Waals surface area contributed by atoms with Crippen molar-refractivity contribution >= 4 is 21.8 Å². The number of pyridine rings is 1. The first-order valence-corrected chi connectivity index (χ1v) is 5.12. The first-order valence-electron chi connectivity index (χ1n) is 4.33. The van der Waals surface area contributed by atoms with Gasteiger partial charge in [-0.3, -0.25) is 9.78 Å². The zero-order valence-corrected chi connectivity index (χ0v) is 9.66. The summed E-state index contributed by atoms with van der Waals surface area (Å²) in [5.41, 5.74) is 0. The molecule has 1 amide bonds. The lowest BCUT2D eigenvalue weighted by molar-refractivity contribution is -0.122. The van der Waals surface area contributed by atoms with Gasteiger partial charge in [0.25, 0.3) is 5.91 Å². The molecule has 1 aromatic rings. The van der Waals surface area contributed by atoms with E-state index in [-0.39, 0.29) is 12.5 Å². The standard InChI is InChI=1S/C10H11BrN2O2/c1-2-3-13-10(14)7-15-9-4-8(11)5-12-6-9/h2,4-6H,1,3,7H2,(H,13,14). The predicted molar refractivity (Wildman–Crippen MR) is 60.6 cm³/mol. The molecule has 0 radical (unpaired) electrons. The number of hydrogen-bond acceptors (Lipinski definition) is 3. The van der Waals surface area contributed by atoms with Crippen LogP contribution in [-0.4, -0.2) is 24.0 Å². The molecule has 0 aliphatic carbocycles. The van der Waals surface area contributed by atoms with Gasteiger partial charge in [-0.1, -0.05) is 6.08 Å². The summed E-state index contributed by atoms with van der Waals surface area (Å²) in [5, 5.41) is 2.60. The van der Waals surface area contributed by atoms with E-state index in [0.29, 0.717) is 12.3 Å². The zero-order chi connectivity index (χ0) is 11.1. The summed E-state index contributed by atoms with van der Waals surface area (Å²) in [6.07, 6.45) is 4.80. The molecule has 1 heterocycles. The summed E-state index contributed by atoms with van der Waals surface area (Å²) in [5.74, 6) is 0.369. The Morgan fingerprint density at radius 2 is 2.47 bits per heavy atom. The molecule has 80 valence electrons. The summed E-state index contributed by atoms with van der Waals surface area (Å²) >= 11 is 3.25. The summed E-state index contributed by atoms with van der Waals surface area (Å²) in [4.78, 5) is 15.0. The summed E-state index contributed by atoms with van der Waals surface area (Å²) in [6, 6.07) is 1.74. The minimum atomic E-state index is -0.185. The molecule has 0 atom stereocenters. The molecule has 5 heteroatoms. The van der Waals surface area contributed by atoms with Gasteiger partial charge in [0.05, 0.1) is 6.20 Å². The van der Waals surface area contributed by atoms with Gasteiger partial charge in [-0.05, 0) is 22.0 Å². The topological polar surface area (TPSA) is 51.2 Å². The van der Waals surface area contributed by atoms with E-state index in [4.69, 9.17) is 4.74 Å². The van der Waals surface area contributed by atoms with Crippen molar-refractivity contribution in [2.75, 3.05) is 13.2 Å². The lowest BCUT2D eigenvalue weighted by Crippen LogP contribution is -2.28. The number of amides is 1. The van der Waals surface area contributed by atoms with Crippen molar-refractivity contribution in [3.8, 4) is 5.75 Å². The highest BCUT2D eigenvalue weighted by atomic mass is 79.9. The van der Waals surface area contributed by atoms with Crippen molar-refractivity contribution in [2.24, 2.45) is 0 Å². The number of aromatic nitrogens is 1. The molecule has 1 rings (SSSR count). The number of rotatable bonds is 5. The van der Waals surface area contributed by atoms with Gasteiger partial charge >= 0.3 is 0 Å². The second kappa shape index (κ2) is 6.19. The van der Waals surface area contributed by atoms with E-state index in [0.717, 1.165) is 4.47 Å². The molecule has 4 nitrogen and oxygen atoms in total. The molecule has 0 saturated heterocycles. The highest BCUT2D eigenvalue weighted by Crippen LogP contribution is 2.15. The van der Waals surface area contributed by atoms with Gasteiger partial charge in [-0.15, -0.1) is 6.58 Å². The van der Waals surface area contributed by atoms with Gasteiger partial charge in [0.15, 0.2) is 6.61 Å². The van der Waals surface area contributed by atoms with Gasteiger partial charge in [-0.2, -0.15) is 0 Å². The Morgan fingerprint density at radius 3 is 3.13 bits per heavy atom. The normalized spacial score (nSPS) is 9.40. The molecule has 1 aromatic heterocycles. The van der Waals surface area contributed by atoms with E-state index in [9.17, 15) is 4.79 Å². The van der Waals surface area contributed by atoms with E-state index < -0.39 is 0 Å². The highest BCUT2D eigenvalue weighted by Gasteiger charge is 2.01. The molecule has 0 fully saturated rings. The van der Waals surface area contributed by atoms with E-state index >= 15 is 0 Å². The Morgan fingerprint density at radius 1 is 1.67 bits per heavy atom. The third kappa shape index (κ3) is 4.60. The van der Waals surface area contributed by atoms with Crippen LogP contribution in [0.4, 0.5) is 0 Å². The Kier molecular flexibility index (Phi) is 4.83. The molecule has 15 heavy (non-hydrogen) atoms. The van der Waals surface area contributed by atoms with Crippen molar-refractivity contribution in [1.29, 1.82) is 0 Å². The monoisotopic (exact) mass is 270 g/mol. The first kappa shape index (κ1) is 11.7. The maximum atomic E-state index is 11.1. The summed E-state index contributed by atoms with van der Waals surface area (Å²) in [6.45, 7) is 3.91. The highest BCUT2D eigenvalue weighted by molar-refractivity contribution is 9.10. The van der Waals surface area contributed by atoms with Crippen molar-refractivity contribution in [2.45, 2.75) is 0 Å². The summed E-state index contributed by atoms with van der Waals surface area (Å²) < 4.78 is 6.02. The molecular formula is C10H11BrN2O2. The van der Waals surface area contributed by atoms with Crippen molar-refractivity contribution in [3.05, 3.63) is 35.6 Å². The predicted octanol–water partition coefficient (Wildman–Crippen LogP) is 1.53. The van der Waals surface area contributed by atoms with E-state index in [1.807, 2.05) is 0 Å². The molecule has 0 bridgehead atoms. The minimum absolute atomic E-state index is 0.0219. The molecule has 0 aliphatic heterocycles. The summed E-state index contributed by atoms with van der Waals surface area (Å²) in [7, 11) is 0. The Bertz CT molecular complexity index is 355. The molecule has 0 spiro atoms. The third-order valence-electron chi connectivity index (χ3n) is 1.49. The second-order valence-electron chi connectivity index (χ2n) is 2.72. The van der Waals surface area contributed by atoms with Crippen LogP contribution < -0.4 is 10.1 Å². The Hall–Kier alpha value is -1.36. The van der Waals surface area contributed by atoms with Crippen LogP contribution in [0.1, 0.15) is 0 Å². The molecular weight excluding hydrogens is 260 g/mol. The van der Waals surface area contributed by atoms with E-state index in [2.05, 4.69) is 32.8 Å². The first-order chi connectivity index (χ1) is 7.22. The van der Waals surface area contributed by atoms with Crippen LogP contribution >= 0.6 is 15.9 Å². The number of hydrogen-bond donors (Lipinski definition) is 1. The smallest absolute Gasteiger partial charge is 0.258 e. The van der Waals surface area contributed by atoms with Crippen LogP contribution in [0, 0.1) is 0 Å². The number of halogens is 1. The van der Waals surface area contributed by atoms with Gasteiger partial charge in [0.1, 0.15) is 5.75 Å². The number of nitrogens with one attached hydrogen (secondary N) is 1. The van der Waals surface area contributed by atoms with E-state index in [1.165, 1.54) is 0 Å². The molecule has 0 aromatic carbocycles. The fourth-order valence-corrected chi connectivity index (χ4v) is 1.20. The maximum absolute atomic E-state index is 11.1. The lowest BCUT2D eigenvalue weighted by Gasteiger charge is -2.05. The van der Waals surface area contributed by atoms with Crippen LogP contribution in [0.25, 0.3) is 0 Å². The van der Waals surface area contributed by atoms with Crippen LogP contribution in [0.5, 0.6) is 5.75 Å². The van der Waals surface area contributed by atoms with Gasteiger partial charge in [0, 0.05) is 17.2 Å². The third-order valence-corrected chi connectivity index (χ3v) is 1.93. The number of carbonyl (C=O) groups excluding carboxylic acids is 1. The molecule has 0 saturated carbocycles. The average molecular weight is 271 g/mol. The van der Waals surface area contributed by atoms with Gasteiger partial charge < -0.3 is 10.1 Å². The SMILES string of the molecule is C=CCNC(=O)COc1cncc(Br)c1. The van der Waals surface area contributed by atoms with Gasteiger partial charge in [-0.25, -0.2) is 0 Å². The fourth-order valence-electron chi connectivity index (χ4n) is 0.857. The van der Waals surface area contributed by atoms with Crippen molar-refractivity contribution in [3.63, 3.8) is 0 Å². The van der Waals surface area contributed by atoms with Gasteiger partial charge in [0.2, 0.25) is 0 Å². The quantitative estimate of drug-likeness (QED) is 0.826. The van der Waals surface area contributed by atoms with Crippen LogP contribution in [0.15, 0.2) is 35.6 Å². The number of carbonyl (C=O) groups is 1. The minimum Gasteiger partial charge on any atom is -0.482 e. The Balaban J connectivity index is 2.36. The Labute approximate surface area is 96.5 Å². The molecule has 1 N–H and O–H groups in total. The van der Waals surface area contributed by atoms with E-state index in [1.54, 1.807) is 24.5 Å². The maximum Gasteiger partial charge on any atom is 0.258 e. The van der Waals surface area contributed by atoms with Crippen LogP contribution in [0.2, 0.25) is 0 Å². The zero-order valence-electron chi connectivity index (χ0n) is 8.07. The average Bonchev–Trinajstić information content (AvgIpc) is 2.23. The second-order valence-corrected chi connectivity index (χ2v) is 3.64.